The summed E-state index contributed by atoms with van der Waals surface area (Å²) in [6.45, 7) is 3.39. The molecule has 0 saturated carbocycles. The summed E-state index contributed by atoms with van der Waals surface area (Å²) in [6.07, 6.45) is 2.35. The largest absolute Gasteiger partial charge is 0.508 e. The van der Waals surface area contributed by atoms with Crippen molar-refractivity contribution in [2.24, 2.45) is 0 Å². The zero-order valence-corrected chi connectivity index (χ0v) is 13.2. The molecule has 6 nitrogen and oxygen atoms in total. The van der Waals surface area contributed by atoms with Crippen molar-refractivity contribution in [3.63, 3.8) is 0 Å². The molecule has 0 aliphatic rings. The Balaban J connectivity index is 2.59. The molecule has 118 valence electrons. The Labute approximate surface area is 131 Å². The number of rotatable bonds is 7. The van der Waals surface area contributed by atoms with Gasteiger partial charge in [0.05, 0.1) is 0 Å². The van der Waals surface area contributed by atoms with E-state index in [1.165, 1.54) is 12.3 Å². The summed E-state index contributed by atoms with van der Waals surface area (Å²) in [5.74, 6) is -0.342. The number of aryl methyl sites for hydroxylation is 1. The molecule has 0 aromatic heterocycles. The van der Waals surface area contributed by atoms with Crippen LogP contribution in [0.3, 0.4) is 0 Å². The zero-order valence-electron chi connectivity index (χ0n) is 13.2. The molecule has 6 heteroatoms. The molecule has 1 aromatic carbocycles. The third-order valence-corrected chi connectivity index (χ3v) is 3.00. The Morgan fingerprint density at radius 3 is 2.77 bits per heavy atom. The van der Waals surface area contributed by atoms with E-state index < -0.39 is 5.91 Å². The molecule has 0 unspecified atom stereocenters. The number of hydrogen-bond acceptors (Lipinski definition) is 5. The number of nitrogens with one attached hydrogen (secondary N) is 2. The highest BCUT2D eigenvalue weighted by molar-refractivity contribution is 6.06. The van der Waals surface area contributed by atoms with Crippen LogP contribution < -0.4 is 10.6 Å². The third kappa shape index (κ3) is 5.85. The highest BCUT2D eigenvalue weighted by Gasteiger charge is 2.10. The minimum absolute atomic E-state index is 0.0114. The number of amides is 1. The second-order valence-corrected chi connectivity index (χ2v) is 5.23. The van der Waals surface area contributed by atoms with Gasteiger partial charge >= 0.3 is 0 Å². The maximum atomic E-state index is 12.0. The van der Waals surface area contributed by atoms with Gasteiger partial charge in [-0.15, -0.1) is 0 Å². The van der Waals surface area contributed by atoms with E-state index in [4.69, 9.17) is 5.26 Å². The Bertz CT molecular complexity index is 588. The Morgan fingerprint density at radius 1 is 1.45 bits per heavy atom. The van der Waals surface area contributed by atoms with Gasteiger partial charge in [-0.05, 0) is 57.7 Å². The Kier molecular flexibility index (Phi) is 6.93. The lowest BCUT2D eigenvalue weighted by Crippen LogP contribution is -2.20. The molecule has 0 bridgehead atoms. The van der Waals surface area contributed by atoms with Crippen LogP contribution in [0, 0.1) is 18.3 Å². The van der Waals surface area contributed by atoms with E-state index in [1.807, 2.05) is 20.2 Å². The zero-order chi connectivity index (χ0) is 16.5. The number of carbonyl (C=O) groups excluding carboxylic acids is 1. The smallest absolute Gasteiger partial charge is 0.267 e. The van der Waals surface area contributed by atoms with Gasteiger partial charge in [0.15, 0.2) is 0 Å². The predicted octanol–water partition coefficient (Wildman–Crippen LogP) is 1.59. The van der Waals surface area contributed by atoms with Crippen molar-refractivity contribution in [3.05, 3.63) is 35.5 Å². The van der Waals surface area contributed by atoms with Crippen LogP contribution >= 0.6 is 0 Å². The molecule has 0 aliphatic carbocycles. The fraction of sp³-hybridized carbons (Fsp3) is 0.375. The number of nitriles is 1. The molecular formula is C16H22N4O2. The fourth-order valence-electron chi connectivity index (χ4n) is 1.80. The van der Waals surface area contributed by atoms with Crippen LogP contribution in [-0.2, 0) is 4.79 Å². The summed E-state index contributed by atoms with van der Waals surface area (Å²) in [5.41, 5.74) is 1.30. The van der Waals surface area contributed by atoms with Crippen LogP contribution in [-0.4, -0.2) is 43.1 Å². The maximum Gasteiger partial charge on any atom is 0.267 e. The highest BCUT2D eigenvalue weighted by Crippen LogP contribution is 2.20. The van der Waals surface area contributed by atoms with Crippen LogP contribution in [0.25, 0.3) is 0 Å². The third-order valence-electron chi connectivity index (χ3n) is 3.00. The van der Waals surface area contributed by atoms with Crippen LogP contribution in [0.5, 0.6) is 5.75 Å². The second-order valence-electron chi connectivity index (χ2n) is 5.23. The maximum absolute atomic E-state index is 12.0. The number of phenols is 1. The second kappa shape index (κ2) is 8.70. The number of aromatic hydroxyl groups is 1. The van der Waals surface area contributed by atoms with Gasteiger partial charge in [-0.25, -0.2) is 0 Å². The molecule has 0 atom stereocenters. The minimum atomic E-state index is -0.476. The molecular weight excluding hydrogens is 280 g/mol. The van der Waals surface area contributed by atoms with E-state index in [2.05, 4.69) is 15.5 Å². The lowest BCUT2D eigenvalue weighted by Gasteiger charge is -2.10. The van der Waals surface area contributed by atoms with E-state index >= 15 is 0 Å². The molecule has 0 fully saturated rings. The van der Waals surface area contributed by atoms with Crippen molar-refractivity contribution in [1.82, 2.24) is 10.2 Å². The minimum Gasteiger partial charge on any atom is -0.508 e. The van der Waals surface area contributed by atoms with Gasteiger partial charge in [-0.1, -0.05) is 0 Å². The van der Waals surface area contributed by atoms with Gasteiger partial charge in [0.1, 0.15) is 17.4 Å². The van der Waals surface area contributed by atoms with Crippen molar-refractivity contribution in [2.75, 3.05) is 32.5 Å². The molecule has 0 aliphatic heterocycles. The SMILES string of the molecule is Cc1cc(O)ccc1NC(=O)/C(C#N)=C\NCCCN(C)C. The number of benzene rings is 1. The molecule has 1 amide bonds. The summed E-state index contributed by atoms with van der Waals surface area (Å²) in [5, 5.41) is 24.0. The van der Waals surface area contributed by atoms with Crippen molar-refractivity contribution >= 4 is 11.6 Å². The van der Waals surface area contributed by atoms with E-state index in [0.717, 1.165) is 18.5 Å². The molecule has 1 aromatic rings. The van der Waals surface area contributed by atoms with E-state index in [9.17, 15) is 9.90 Å². The summed E-state index contributed by atoms with van der Waals surface area (Å²) >= 11 is 0. The normalized spacial score (nSPS) is 11.1. The number of hydrogen-bond donors (Lipinski definition) is 3. The molecule has 22 heavy (non-hydrogen) atoms. The summed E-state index contributed by atoms with van der Waals surface area (Å²) in [7, 11) is 3.98. The van der Waals surface area contributed by atoms with Crippen molar-refractivity contribution in [2.45, 2.75) is 13.3 Å². The van der Waals surface area contributed by atoms with Crippen LogP contribution in [0.4, 0.5) is 5.69 Å². The molecule has 0 heterocycles. The quantitative estimate of drug-likeness (QED) is 0.308. The number of phenolic OH excluding ortho intramolecular Hbond substituents is 1. The molecule has 0 radical (unpaired) electrons. The van der Waals surface area contributed by atoms with Gasteiger partial charge < -0.3 is 20.6 Å². The van der Waals surface area contributed by atoms with Crippen molar-refractivity contribution in [3.8, 4) is 11.8 Å². The standard InChI is InChI=1S/C16H22N4O2/c1-12-9-14(21)5-6-15(12)19-16(22)13(10-17)11-18-7-4-8-20(2)3/h5-6,9,11,18,21H,4,7-8H2,1-3H3,(H,19,22)/b13-11-. The first kappa shape index (κ1) is 17.5. The molecule has 3 N–H and O–H groups in total. The Morgan fingerprint density at radius 2 is 2.18 bits per heavy atom. The van der Waals surface area contributed by atoms with E-state index in [0.29, 0.717) is 12.2 Å². The van der Waals surface area contributed by atoms with Crippen molar-refractivity contribution < 1.29 is 9.90 Å². The van der Waals surface area contributed by atoms with Crippen LogP contribution in [0.1, 0.15) is 12.0 Å². The number of anilines is 1. The van der Waals surface area contributed by atoms with Gasteiger partial charge in [0.25, 0.3) is 5.91 Å². The first-order chi connectivity index (χ1) is 10.4. The van der Waals surface area contributed by atoms with Crippen molar-refractivity contribution in [1.29, 1.82) is 5.26 Å². The number of nitrogens with zero attached hydrogens (tertiary/aromatic N) is 2. The first-order valence-electron chi connectivity index (χ1n) is 7.03. The molecule has 0 spiro atoms. The van der Waals surface area contributed by atoms with Gasteiger partial charge in [-0.2, -0.15) is 5.26 Å². The van der Waals surface area contributed by atoms with E-state index in [1.54, 1.807) is 19.1 Å². The molecule has 0 saturated heterocycles. The lowest BCUT2D eigenvalue weighted by atomic mass is 10.2. The summed E-state index contributed by atoms with van der Waals surface area (Å²) in [6, 6.07) is 6.51. The lowest BCUT2D eigenvalue weighted by molar-refractivity contribution is -0.112. The first-order valence-corrected chi connectivity index (χ1v) is 7.03. The topological polar surface area (TPSA) is 88.4 Å². The fourth-order valence-corrected chi connectivity index (χ4v) is 1.80. The van der Waals surface area contributed by atoms with Crippen LogP contribution in [0.15, 0.2) is 30.0 Å². The van der Waals surface area contributed by atoms with Gasteiger partial charge in [-0.3, -0.25) is 4.79 Å². The highest BCUT2D eigenvalue weighted by atomic mass is 16.3. The van der Waals surface area contributed by atoms with Gasteiger partial charge in [0.2, 0.25) is 0 Å². The summed E-state index contributed by atoms with van der Waals surface area (Å²) < 4.78 is 0. The monoisotopic (exact) mass is 302 g/mol. The summed E-state index contributed by atoms with van der Waals surface area (Å²) in [4.78, 5) is 14.1. The van der Waals surface area contributed by atoms with Gasteiger partial charge in [0, 0.05) is 18.4 Å². The predicted molar refractivity (Wildman–Crippen MR) is 86.3 cm³/mol. The van der Waals surface area contributed by atoms with Crippen LogP contribution in [0.2, 0.25) is 0 Å². The average Bonchev–Trinajstić information content (AvgIpc) is 2.45. The number of carbonyl (C=O) groups is 1. The average molecular weight is 302 g/mol. The van der Waals surface area contributed by atoms with E-state index in [-0.39, 0.29) is 11.3 Å². The Hall–Kier alpha value is -2.52. The molecule has 1 rings (SSSR count).